The molecule has 1 saturated heterocycles. The van der Waals surface area contributed by atoms with E-state index in [0.29, 0.717) is 37.5 Å². The number of hydrogen-bond acceptors (Lipinski definition) is 5. The fourth-order valence-electron chi connectivity index (χ4n) is 3.66. The Balaban J connectivity index is 1.32. The molecule has 8 nitrogen and oxygen atoms in total. The number of aromatic nitrogens is 1. The van der Waals surface area contributed by atoms with Crippen molar-refractivity contribution in [1.29, 1.82) is 0 Å². The van der Waals surface area contributed by atoms with Crippen molar-refractivity contribution in [3.63, 3.8) is 0 Å². The van der Waals surface area contributed by atoms with Crippen LogP contribution in [-0.4, -0.2) is 46.2 Å². The average molecular weight is 393 g/mol. The van der Waals surface area contributed by atoms with Crippen LogP contribution in [0.3, 0.4) is 0 Å². The van der Waals surface area contributed by atoms with Gasteiger partial charge in [-0.15, -0.1) is 0 Å². The monoisotopic (exact) mass is 393 g/mol. The van der Waals surface area contributed by atoms with Crippen LogP contribution in [0.4, 0.5) is 10.5 Å². The first-order valence-electron chi connectivity index (χ1n) is 9.67. The Hall–Kier alpha value is -3.42. The van der Waals surface area contributed by atoms with Crippen LogP contribution in [0.1, 0.15) is 24.8 Å². The molecule has 1 atom stereocenters. The first-order valence-corrected chi connectivity index (χ1v) is 9.67. The van der Waals surface area contributed by atoms with Crippen LogP contribution in [0.5, 0.6) is 0 Å². The van der Waals surface area contributed by atoms with Crippen molar-refractivity contribution in [2.45, 2.75) is 31.4 Å². The largest absolute Gasteiger partial charge is 0.386 e. The Bertz CT molecular complexity index is 903. The third-order valence-corrected chi connectivity index (χ3v) is 5.13. The van der Waals surface area contributed by atoms with Crippen molar-refractivity contribution < 1.29 is 14.4 Å². The van der Waals surface area contributed by atoms with Crippen molar-refractivity contribution >= 4 is 23.3 Å². The minimum Gasteiger partial charge on any atom is -0.386 e. The summed E-state index contributed by atoms with van der Waals surface area (Å²) in [5.41, 5.74) is 1.35. The zero-order valence-electron chi connectivity index (χ0n) is 16.0. The Kier molecular flexibility index (Phi) is 5.41. The van der Waals surface area contributed by atoms with Gasteiger partial charge >= 0.3 is 6.03 Å². The van der Waals surface area contributed by atoms with Gasteiger partial charge in [-0.1, -0.05) is 35.5 Å². The van der Waals surface area contributed by atoms with Gasteiger partial charge in [-0.25, -0.2) is 4.79 Å². The number of nitrogens with one attached hydrogen (secondary N) is 2. The van der Waals surface area contributed by atoms with Gasteiger partial charge in [0.2, 0.25) is 0 Å². The average Bonchev–Trinajstić information content (AvgIpc) is 3.16. The second-order valence-corrected chi connectivity index (χ2v) is 7.35. The number of oxime groups is 1. The molecule has 2 N–H and O–H groups in total. The number of hydrogen-bond donors (Lipinski definition) is 2. The van der Waals surface area contributed by atoms with Gasteiger partial charge in [0.15, 0.2) is 5.60 Å². The topological polar surface area (TPSA) is 95.9 Å². The number of anilines is 1. The standard InChI is InChI=1S/C21H23N5O3/c27-19(24-17-8-4-10-22-14-17)18-12-21(29-25-18)9-5-11-26(15-21)20(28)23-13-16-6-2-1-3-7-16/h1-4,6-8,10,14H,5,9,11-13,15H2,(H,23,28)(H,24,27). The molecule has 2 aliphatic rings. The van der Waals surface area contributed by atoms with Gasteiger partial charge in [0, 0.05) is 25.7 Å². The molecular weight excluding hydrogens is 370 g/mol. The third-order valence-electron chi connectivity index (χ3n) is 5.13. The molecule has 0 aliphatic carbocycles. The number of likely N-dealkylation sites (tertiary alicyclic amines) is 1. The van der Waals surface area contributed by atoms with Gasteiger partial charge in [0.25, 0.3) is 5.91 Å². The van der Waals surface area contributed by atoms with Crippen molar-refractivity contribution in [2.75, 3.05) is 18.4 Å². The lowest BCUT2D eigenvalue weighted by molar-refractivity contribution is -0.110. The quantitative estimate of drug-likeness (QED) is 0.834. The number of rotatable bonds is 4. The van der Waals surface area contributed by atoms with E-state index in [4.69, 9.17) is 4.84 Å². The summed E-state index contributed by atoms with van der Waals surface area (Å²) in [7, 11) is 0. The number of nitrogens with zero attached hydrogens (tertiary/aromatic N) is 3. The molecule has 0 bridgehead atoms. The van der Waals surface area contributed by atoms with E-state index in [1.807, 2.05) is 30.3 Å². The first-order chi connectivity index (χ1) is 14.1. The molecule has 8 heteroatoms. The molecule has 1 aromatic carbocycles. The molecule has 3 heterocycles. The zero-order valence-corrected chi connectivity index (χ0v) is 16.0. The number of carbonyl (C=O) groups is 2. The summed E-state index contributed by atoms with van der Waals surface area (Å²) in [6, 6.07) is 13.1. The van der Waals surface area contributed by atoms with E-state index < -0.39 is 5.60 Å². The molecule has 2 aromatic rings. The van der Waals surface area contributed by atoms with E-state index in [1.54, 1.807) is 29.4 Å². The lowest BCUT2D eigenvalue weighted by Crippen LogP contribution is -2.53. The van der Waals surface area contributed by atoms with Gasteiger partial charge in [-0.05, 0) is 30.5 Å². The molecule has 0 saturated carbocycles. The molecule has 3 amide bonds. The maximum absolute atomic E-state index is 12.6. The summed E-state index contributed by atoms with van der Waals surface area (Å²) in [6.07, 6.45) is 5.14. The van der Waals surface area contributed by atoms with Crippen LogP contribution in [0.2, 0.25) is 0 Å². The minimum atomic E-state index is -0.635. The van der Waals surface area contributed by atoms with Gasteiger partial charge < -0.3 is 20.4 Å². The SMILES string of the molecule is O=C(Nc1cccnc1)C1=NOC2(CCCN(C(=O)NCc3ccccc3)C2)C1. The van der Waals surface area contributed by atoms with E-state index >= 15 is 0 Å². The van der Waals surface area contributed by atoms with Crippen LogP contribution in [0.25, 0.3) is 0 Å². The summed E-state index contributed by atoms with van der Waals surface area (Å²) < 4.78 is 0. The van der Waals surface area contributed by atoms with E-state index in [9.17, 15) is 9.59 Å². The van der Waals surface area contributed by atoms with Crippen LogP contribution in [-0.2, 0) is 16.2 Å². The molecular formula is C21H23N5O3. The van der Waals surface area contributed by atoms with Gasteiger partial charge in [-0.3, -0.25) is 9.78 Å². The van der Waals surface area contributed by atoms with Gasteiger partial charge in [-0.2, -0.15) is 0 Å². The molecule has 1 spiro atoms. The predicted molar refractivity (Wildman–Crippen MR) is 108 cm³/mol. The molecule has 1 unspecified atom stereocenters. The molecule has 2 aliphatic heterocycles. The minimum absolute atomic E-state index is 0.134. The molecule has 29 heavy (non-hydrogen) atoms. The lowest BCUT2D eigenvalue weighted by Gasteiger charge is -2.38. The Morgan fingerprint density at radius 1 is 1.17 bits per heavy atom. The number of benzene rings is 1. The normalized spacial score (nSPS) is 20.7. The van der Waals surface area contributed by atoms with Gasteiger partial charge in [0.1, 0.15) is 5.71 Å². The number of urea groups is 1. The van der Waals surface area contributed by atoms with Crippen LogP contribution < -0.4 is 10.6 Å². The highest BCUT2D eigenvalue weighted by Crippen LogP contribution is 2.33. The van der Waals surface area contributed by atoms with Crippen molar-refractivity contribution in [2.24, 2.45) is 5.16 Å². The van der Waals surface area contributed by atoms with Crippen molar-refractivity contribution in [1.82, 2.24) is 15.2 Å². The Labute approximate surface area is 168 Å². The lowest BCUT2D eigenvalue weighted by atomic mass is 9.88. The maximum Gasteiger partial charge on any atom is 0.317 e. The molecule has 150 valence electrons. The van der Waals surface area contributed by atoms with Crippen LogP contribution in [0, 0.1) is 0 Å². The van der Waals surface area contributed by atoms with Gasteiger partial charge in [0.05, 0.1) is 18.4 Å². The van der Waals surface area contributed by atoms with E-state index in [0.717, 1.165) is 18.4 Å². The smallest absolute Gasteiger partial charge is 0.317 e. The van der Waals surface area contributed by atoms with Crippen molar-refractivity contribution in [3.8, 4) is 0 Å². The molecule has 1 aromatic heterocycles. The summed E-state index contributed by atoms with van der Waals surface area (Å²) in [5.74, 6) is -0.305. The fraction of sp³-hybridized carbons (Fsp3) is 0.333. The van der Waals surface area contributed by atoms with Crippen LogP contribution >= 0.6 is 0 Å². The number of carbonyl (C=O) groups excluding carboxylic acids is 2. The van der Waals surface area contributed by atoms with E-state index in [1.165, 1.54) is 0 Å². The second kappa shape index (κ2) is 8.30. The first kappa shape index (κ1) is 18.9. The highest BCUT2D eigenvalue weighted by atomic mass is 16.7. The second-order valence-electron chi connectivity index (χ2n) is 7.35. The predicted octanol–water partition coefficient (Wildman–Crippen LogP) is 2.54. The Morgan fingerprint density at radius 3 is 2.83 bits per heavy atom. The van der Waals surface area contributed by atoms with Crippen LogP contribution in [0.15, 0.2) is 60.0 Å². The molecule has 1 fully saturated rings. The highest BCUT2D eigenvalue weighted by molar-refractivity contribution is 6.43. The summed E-state index contributed by atoms with van der Waals surface area (Å²) in [5, 5.41) is 9.74. The summed E-state index contributed by atoms with van der Waals surface area (Å²) in [4.78, 5) is 36.5. The maximum atomic E-state index is 12.6. The summed E-state index contributed by atoms with van der Waals surface area (Å²) in [6.45, 7) is 1.53. The molecule has 0 radical (unpaired) electrons. The highest BCUT2D eigenvalue weighted by Gasteiger charge is 2.45. The Morgan fingerprint density at radius 2 is 2.03 bits per heavy atom. The third kappa shape index (κ3) is 4.53. The van der Waals surface area contributed by atoms with Crippen molar-refractivity contribution in [3.05, 3.63) is 60.4 Å². The number of pyridine rings is 1. The van der Waals surface area contributed by atoms with E-state index in [2.05, 4.69) is 20.8 Å². The van der Waals surface area contributed by atoms with E-state index in [-0.39, 0.29) is 11.9 Å². The summed E-state index contributed by atoms with van der Waals surface area (Å²) >= 11 is 0. The fourth-order valence-corrected chi connectivity index (χ4v) is 3.66. The number of amides is 3. The number of piperidine rings is 1. The molecule has 4 rings (SSSR count). The zero-order chi connectivity index (χ0) is 20.1.